The van der Waals surface area contributed by atoms with Gasteiger partial charge in [0.1, 0.15) is 6.04 Å². The smallest absolute Gasteiger partial charge is 0.315 e. The van der Waals surface area contributed by atoms with Crippen molar-refractivity contribution < 1.29 is 9.59 Å². The summed E-state index contributed by atoms with van der Waals surface area (Å²) >= 11 is 0. The third-order valence-electron chi connectivity index (χ3n) is 2.22. The summed E-state index contributed by atoms with van der Waals surface area (Å²) in [5, 5.41) is 0. The summed E-state index contributed by atoms with van der Waals surface area (Å²) in [6, 6.07) is -0.485. The number of imide groups is 1. The lowest BCUT2D eigenvalue weighted by atomic mass is 10.0. The van der Waals surface area contributed by atoms with Crippen LogP contribution in [0.3, 0.4) is 0 Å². The van der Waals surface area contributed by atoms with Crippen LogP contribution in [0.25, 0.3) is 0 Å². The highest BCUT2D eigenvalue weighted by atomic mass is 16.2. The average molecular weight is 170 g/mol. The maximum absolute atomic E-state index is 11.4. The Morgan fingerprint density at radius 2 is 1.75 bits per heavy atom. The Labute approximate surface area is 72.1 Å². The highest BCUT2D eigenvalue weighted by Crippen LogP contribution is 2.19. The Kier molecular flexibility index (Phi) is 2.08. The minimum absolute atomic E-state index is 0.0995. The minimum atomic E-state index is -0.275. The first-order valence-corrected chi connectivity index (χ1v) is 4.01. The lowest BCUT2D eigenvalue weighted by Crippen LogP contribution is -2.35. The van der Waals surface area contributed by atoms with Gasteiger partial charge >= 0.3 is 6.03 Å². The van der Waals surface area contributed by atoms with Crippen molar-refractivity contribution in [1.82, 2.24) is 9.80 Å². The molecule has 0 N–H and O–H groups in total. The maximum atomic E-state index is 11.4. The Bertz CT molecular complexity index is 225. The van der Waals surface area contributed by atoms with Crippen LogP contribution in [0.4, 0.5) is 4.79 Å². The lowest BCUT2D eigenvalue weighted by Gasteiger charge is -2.19. The molecule has 1 atom stereocenters. The number of likely N-dealkylation sites (N-methyl/N-ethyl adjacent to an activating group) is 2. The van der Waals surface area contributed by atoms with Gasteiger partial charge in [0.05, 0.1) is 0 Å². The molecule has 1 heterocycles. The highest BCUT2D eigenvalue weighted by molar-refractivity contribution is 6.03. The van der Waals surface area contributed by atoms with Crippen molar-refractivity contribution in [2.24, 2.45) is 5.92 Å². The molecule has 0 aromatic heterocycles. The second-order valence-corrected chi connectivity index (χ2v) is 3.48. The van der Waals surface area contributed by atoms with Gasteiger partial charge in [0.2, 0.25) is 0 Å². The fourth-order valence-electron chi connectivity index (χ4n) is 1.55. The molecule has 0 spiro atoms. The molecule has 0 bridgehead atoms. The molecule has 1 fully saturated rings. The molecule has 1 aliphatic heterocycles. The Hall–Kier alpha value is -1.06. The topological polar surface area (TPSA) is 40.6 Å². The first kappa shape index (κ1) is 9.03. The van der Waals surface area contributed by atoms with E-state index in [0.717, 1.165) is 0 Å². The zero-order chi connectivity index (χ0) is 9.46. The largest absolute Gasteiger partial charge is 0.326 e. The Morgan fingerprint density at radius 1 is 1.25 bits per heavy atom. The van der Waals surface area contributed by atoms with Crippen LogP contribution in [0, 0.1) is 5.92 Å². The fraction of sp³-hybridized carbons (Fsp3) is 0.750. The lowest BCUT2D eigenvalue weighted by molar-refractivity contribution is -0.128. The van der Waals surface area contributed by atoms with E-state index in [1.807, 2.05) is 13.8 Å². The summed E-state index contributed by atoms with van der Waals surface area (Å²) in [6.07, 6.45) is 0. The number of hydrogen-bond acceptors (Lipinski definition) is 2. The van der Waals surface area contributed by atoms with E-state index in [-0.39, 0.29) is 23.9 Å². The molecular formula is C8H14N2O2. The van der Waals surface area contributed by atoms with E-state index in [1.165, 1.54) is 16.8 Å². The summed E-state index contributed by atoms with van der Waals surface area (Å²) in [5.74, 6) is 0.0777. The number of carbonyl (C=O) groups is 2. The molecule has 0 aromatic rings. The molecule has 3 amide bonds. The first-order chi connectivity index (χ1) is 5.46. The van der Waals surface area contributed by atoms with Crippen LogP contribution in [0.5, 0.6) is 0 Å². The standard InChI is InChI=1S/C8H14N2O2/c1-5(2)6-7(11)10(4)8(12)9(6)3/h5-6H,1-4H3. The monoisotopic (exact) mass is 170 g/mol. The normalized spacial score (nSPS) is 24.6. The fourth-order valence-corrected chi connectivity index (χ4v) is 1.55. The van der Waals surface area contributed by atoms with E-state index in [4.69, 9.17) is 0 Å². The van der Waals surface area contributed by atoms with Gasteiger partial charge in [0.15, 0.2) is 0 Å². The van der Waals surface area contributed by atoms with Gasteiger partial charge in [0, 0.05) is 14.1 Å². The molecular weight excluding hydrogens is 156 g/mol. The molecule has 0 aromatic carbocycles. The molecule has 1 unspecified atom stereocenters. The third-order valence-corrected chi connectivity index (χ3v) is 2.22. The van der Waals surface area contributed by atoms with Gasteiger partial charge in [-0.15, -0.1) is 0 Å². The van der Waals surface area contributed by atoms with Crippen molar-refractivity contribution >= 4 is 11.9 Å². The van der Waals surface area contributed by atoms with E-state index >= 15 is 0 Å². The van der Waals surface area contributed by atoms with Crippen LogP contribution < -0.4 is 0 Å². The molecule has 1 saturated heterocycles. The molecule has 0 saturated carbocycles. The van der Waals surface area contributed by atoms with Crippen LogP contribution >= 0.6 is 0 Å². The summed E-state index contributed by atoms with van der Waals surface area (Å²) in [4.78, 5) is 25.4. The van der Waals surface area contributed by atoms with Crippen molar-refractivity contribution in [1.29, 1.82) is 0 Å². The van der Waals surface area contributed by atoms with Crippen molar-refractivity contribution in [2.75, 3.05) is 14.1 Å². The number of hydrogen-bond donors (Lipinski definition) is 0. The van der Waals surface area contributed by atoms with Gasteiger partial charge in [-0.25, -0.2) is 4.79 Å². The molecule has 12 heavy (non-hydrogen) atoms. The molecule has 1 aliphatic rings. The van der Waals surface area contributed by atoms with Crippen LogP contribution in [0.2, 0.25) is 0 Å². The average Bonchev–Trinajstić information content (AvgIpc) is 2.16. The predicted molar refractivity (Wildman–Crippen MR) is 44.6 cm³/mol. The van der Waals surface area contributed by atoms with Gasteiger partial charge in [-0.3, -0.25) is 9.69 Å². The number of rotatable bonds is 1. The minimum Gasteiger partial charge on any atom is -0.315 e. The van der Waals surface area contributed by atoms with Gasteiger partial charge in [-0.2, -0.15) is 0 Å². The maximum Gasteiger partial charge on any atom is 0.326 e. The Balaban J connectivity index is 2.91. The van der Waals surface area contributed by atoms with Gasteiger partial charge in [-0.1, -0.05) is 13.8 Å². The van der Waals surface area contributed by atoms with Crippen molar-refractivity contribution in [3.05, 3.63) is 0 Å². The van der Waals surface area contributed by atoms with Crippen molar-refractivity contribution in [3.8, 4) is 0 Å². The summed E-state index contributed by atoms with van der Waals surface area (Å²) in [7, 11) is 3.18. The van der Waals surface area contributed by atoms with Crippen LogP contribution in [0.1, 0.15) is 13.8 Å². The quantitative estimate of drug-likeness (QED) is 0.539. The van der Waals surface area contributed by atoms with E-state index in [1.54, 1.807) is 7.05 Å². The second-order valence-electron chi connectivity index (χ2n) is 3.48. The zero-order valence-corrected chi connectivity index (χ0v) is 7.87. The van der Waals surface area contributed by atoms with E-state index in [9.17, 15) is 9.59 Å². The van der Waals surface area contributed by atoms with Crippen molar-refractivity contribution in [3.63, 3.8) is 0 Å². The van der Waals surface area contributed by atoms with Crippen molar-refractivity contribution in [2.45, 2.75) is 19.9 Å². The second kappa shape index (κ2) is 2.77. The van der Waals surface area contributed by atoms with E-state index in [0.29, 0.717) is 0 Å². The van der Waals surface area contributed by atoms with E-state index in [2.05, 4.69) is 0 Å². The molecule has 0 aliphatic carbocycles. The molecule has 68 valence electrons. The number of urea groups is 1. The number of amides is 3. The SMILES string of the molecule is CC(C)C1C(=O)N(C)C(=O)N1C. The first-order valence-electron chi connectivity index (χ1n) is 4.01. The number of nitrogens with zero attached hydrogens (tertiary/aromatic N) is 2. The summed E-state index contributed by atoms with van der Waals surface area (Å²) < 4.78 is 0. The highest BCUT2D eigenvalue weighted by Gasteiger charge is 2.42. The summed E-state index contributed by atoms with van der Waals surface area (Å²) in [5.41, 5.74) is 0. The van der Waals surface area contributed by atoms with Crippen LogP contribution in [-0.4, -0.2) is 41.9 Å². The van der Waals surface area contributed by atoms with E-state index < -0.39 is 0 Å². The van der Waals surface area contributed by atoms with Gasteiger partial charge in [-0.05, 0) is 5.92 Å². The third kappa shape index (κ3) is 1.07. The number of carbonyl (C=O) groups excluding carboxylic acids is 2. The van der Waals surface area contributed by atoms with Crippen LogP contribution in [0.15, 0.2) is 0 Å². The molecule has 4 nitrogen and oxygen atoms in total. The molecule has 1 rings (SSSR count). The predicted octanol–water partition coefficient (Wildman–Crippen LogP) is 0.535. The zero-order valence-electron chi connectivity index (χ0n) is 7.87. The Morgan fingerprint density at radius 3 is 1.92 bits per heavy atom. The molecule has 4 heteroatoms. The van der Waals surface area contributed by atoms with Gasteiger partial charge < -0.3 is 4.90 Å². The van der Waals surface area contributed by atoms with Crippen LogP contribution in [-0.2, 0) is 4.79 Å². The van der Waals surface area contributed by atoms with Gasteiger partial charge in [0.25, 0.3) is 5.91 Å². The molecule has 0 radical (unpaired) electrons. The summed E-state index contributed by atoms with van der Waals surface area (Å²) in [6.45, 7) is 3.87.